The summed E-state index contributed by atoms with van der Waals surface area (Å²) in [5.41, 5.74) is 3.06. The number of nitrogens with one attached hydrogen (secondary N) is 1. The molecule has 0 radical (unpaired) electrons. The van der Waals surface area contributed by atoms with Gasteiger partial charge in [0.05, 0.1) is 11.9 Å². The number of carbonyl (C=O) groups excluding carboxylic acids is 1. The van der Waals surface area contributed by atoms with Crippen LogP contribution in [0.15, 0.2) is 36.7 Å². The van der Waals surface area contributed by atoms with Crippen LogP contribution in [0.25, 0.3) is 0 Å². The summed E-state index contributed by atoms with van der Waals surface area (Å²) < 4.78 is 1.66. The highest BCUT2D eigenvalue weighted by atomic mass is 16.1. The van der Waals surface area contributed by atoms with Gasteiger partial charge >= 0.3 is 0 Å². The van der Waals surface area contributed by atoms with Gasteiger partial charge in [-0.3, -0.25) is 9.48 Å². The van der Waals surface area contributed by atoms with E-state index in [0.717, 1.165) is 23.4 Å². The maximum absolute atomic E-state index is 11.8. The highest BCUT2D eigenvalue weighted by Gasteiger charge is 2.05. The minimum Gasteiger partial charge on any atom is -0.378 e. The third kappa shape index (κ3) is 3.85. The molecule has 20 heavy (non-hydrogen) atoms. The fourth-order valence-corrected chi connectivity index (χ4v) is 1.93. The molecule has 0 atom stereocenters. The molecule has 1 N–H and O–H groups in total. The summed E-state index contributed by atoms with van der Waals surface area (Å²) in [5, 5.41) is 6.84. The molecule has 2 rings (SSSR count). The Labute approximate surface area is 119 Å². The molecule has 1 heterocycles. The minimum absolute atomic E-state index is 0.00897. The zero-order chi connectivity index (χ0) is 14.5. The van der Waals surface area contributed by atoms with Gasteiger partial charge in [-0.1, -0.05) is 12.1 Å². The Morgan fingerprint density at radius 3 is 2.55 bits per heavy atom. The van der Waals surface area contributed by atoms with Crippen molar-refractivity contribution < 1.29 is 4.79 Å². The number of carbonyl (C=O) groups is 1. The molecule has 0 aliphatic carbocycles. The molecule has 1 aromatic heterocycles. The lowest BCUT2D eigenvalue weighted by molar-refractivity contribution is -0.116. The minimum atomic E-state index is 0.00897. The van der Waals surface area contributed by atoms with E-state index in [2.05, 4.69) is 39.6 Å². The number of benzene rings is 1. The zero-order valence-electron chi connectivity index (χ0n) is 12.1. The number of amides is 1. The van der Waals surface area contributed by atoms with E-state index in [1.165, 1.54) is 0 Å². The Morgan fingerprint density at radius 1 is 1.30 bits per heavy atom. The zero-order valence-corrected chi connectivity index (χ0v) is 12.1. The highest BCUT2D eigenvalue weighted by molar-refractivity contribution is 5.90. The van der Waals surface area contributed by atoms with Crippen LogP contribution >= 0.6 is 0 Å². The Kier molecular flexibility index (Phi) is 4.40. The van der Waals surface area contributed by atoms with Crippen LogP contribution in [0.5, 0.6) is 0 Å². The first-order valence-electron chi connectivity index (χ1n) is 6.59. The van der Waals surface area contributed by atoms with Crippen molar-refractivity contribution in [3.8, 4) is 0 Å². The maximum Gasteiger partial charge on any atom is 0.224 e. The summed E-state index contributed by atoms with van der Waals surface area (Å²) >= 11 is 0. The van der Waals surface area contributed by atoms with Crippen LogP contribution in [0.2, 0.25) is 0 Å². The van der Waals surface area contributed by atoms with Crippen LogP contribution in [-0.4, -0.2) is 29.8 Å². The lowest BCUT2D eigenvalue weighted by Gasteiger charge is -2.12. The quantitative estimate of drug-likeness (QED) is 0.906. The molecule has 0 saturated heterocycles. The second kappa shape index (κ2) is 6.23. The van der Waals surface area contributed by atoms with E-state index in [1.807, 2.05) is 21.1 Å². The van der Waals surface area contributed by atoms with Gasteiger partial charge in [0.25, 0.3) is 0 Å². The largest absolute Gasteiger partial charge is 0.378 e. The molecule has 2 aromatic rings. The van der Waals surface area contributed by atoms with Crippen molar-refractivity contribution in [3.63, 3.8) is 0 Å². The maximum atomic E-state index is 11.8. The summed E-state index contributed by atoms with van der Waals surface area (Å²) in [5.74, 6) is 0.00897. The van der Waals surface area contributed by atoms with E-state index in [9.17, 15) is 4.79 Å². The Morgan fingerprint density at radius 2 is 2.00 bits per heavy atom. The summed E-state index contributed by atoms with van der Waals surface area (Å²) in [6.07, 6.45) is 4.63. The summed E-state index contributed by atoms with van der Waals surface area (Å²) in [6.45, 7) is 0. The molecular formula is C15H20N4O. The fraction of sp³-hybridized carbons (Fsp3) is 0.333. The number of aromatic nitrogens is 2. The molecule has 1 aromatic carbocycles. The molecule has 1 amide bonds. The van der Waals surface area contributed by atoms with Gasteiger partial charge in [-0.05, 0) is 24.1 Å². The van der Waals surface area contributed by atoms with Crippen molar-refractivity contribution in [2.45, 2.75) is 12.8 Å². The number of rotatable bonds is 5. The first-order chi connectivity index (χ1) is 9.54. The molecule has 106 valence electrons. The second-order valence-electron chi connectivity index (χ2n) is 5.01. The SMILES string of the molecule is CN(C)c1ccc(CCC(=O)Nc2cnn(C)c2)cc1. The van der Waals surface area contributed by atoms with E-state index in [-0.39, 0.29) is 5.91 Å². The average Bonchev–Trinajstić information content (AvgIpc) is 2.82. The standard InChI is InChI=1S/C15H20N4O/c1-18(2)14-7-4-12(5-8-14)6-9-15(20)17-13-10-16-19(3)11-13/h4-5,7-8,10-11H,6,9H2,1-3H3,(H,17,20). The first-order valence-corrected chi connectivity index (χ1v) is 6.59. The Bertz CT molecular complexity index is 572. The molecule has 0 fully saturated rings. The predicted octanol–water partition coefficient (Wildman–Crippen LogP) is 2.06. The van der Waals surface area contributed by atoms with Gasteiger partial charge in [0, 0.05) is 39.4 Å². The van der Waals surface area contributed by atoms with Gasteiger partial charge in [-0.15, -0.1) is 0 Å². The van der Waals surface area contributed by atoms with Crippen molar-refractivity contribution in [2.75, 3.05) is 24.3 Å². The smallest absolute Gasteiger partial charge is 0.224 e. The third-order valence-corrected chi connectivity index (χ3v) is 3.08. The van der Waals surface area contributed by atoms with E-state index in [4.69, 9.17) is 0 Å². The highest BCUT2D eigenvalue weighted by Crippen LogP contribution is 2.13. The van der Waals surface area contributed by atoms with Gasteiger partial charge in [0.2, 0.25) is 5.91 Å². The normalized spacial score (nSPS) is 10.3. The van der Waals surface area contributed by atoms with Crippen molar-refractivity contribution in [1.82, 2.24) is 9.78 Å². The van der Waals surface area contributed by atoms with E-state index >= 15 is 0 Å². The van der Waals surface area contributed by atoms with Crippen molar-refractivity contribution in [2.24, 2.45) is 7.05 Å². The summed E-state index contributed by atoms with van der Waals surface area (Å²) in [6, 6.07) is 8.25. The summed E-state index contributed by atoms with van der Waals surface area (Å²) in [4.78, 5) is 13.9. The molecule has 5 nitrogen and oxygen atoms in total. The van der Waals surface area contributed by atoms with Crippen LogP contribution in [0.3, 0.4) is 0 Å². The molecule has 0 saturated carbocycles. The molecule has 0 bridgehead atoms. The fourth-order valence-electron chi connectivity index (χ4n) is 1.93. The van der Waals surface area contributed by atoms with Gasteiger partial charge in [-0.25, -0.2) is 0 Å². The lowest BCUT2D eigenvalue weighted by atomic mass is 10.1. The van der Waals surface area contributed by atoms with Gasteiger partial charge < -0.3 is 10.2 Å². The van der Waals surface area contributed by atoms with E-state index in [0.29, 0.717) is 6.42 Å². The first kappa shape index (κ1) is 14.1. The third-order valence-electron chi connectivity index (χ3n) is 3.08. The number of anilines is 2. The molecular weight excluding hydrogens is 252 g/mol. The molecule has 0 unspecified atom stereocenters. The van der Waals surface area contributed by atoms with Gasteiger partial charge in [0.15, 0.2) is 0 Å². The van der Waals surface area contributed by atoms with Crippen molar-refractivity contribution >= 4 is 17.3 Å². The van der Waals surface area contributed by atoms with Crippen LogP contribution in [0.1, 0.15) is 12.0 Å². The molecule has 5 heteroatoms. The van der Waals surface area contributed by atoms with Crippen molar-refractivity contribution in [3.05, 3.63) is 42.2 Å². The monoisotopic (exact) mass is 272 g/mol. The average molecular weight is 272 g/mol. The second-order valence-corrected chi connectivity index (χ2v) is 5.01. The Balaban J connectivity index is 1.83. The number of hydrogen-bond donors (Lipinski definition) is 1. The number of nitrogens with zero attached hydrogens (tertiary/aromatic N) is 3. The van der Waals surface area contributed by atoms with Crippen LogP contribution in [0.4, 0.5) is 11.4 Å². The summed E-state index contributed by atoms with van der Waals surface area (Å²) in [7, 11) is 5.84. The van der Waals surface area contributed by atoms with Gasteiger partial charge in [-0.2, -0.15) is 5.10 Å². The topological polar surface area (TPSA) is 50.2 Å². The van der Waals surface area contributed by atoms with Crippen LogP contribution in [0, 0.1) is 0 Å². The van der Waals surface area contributed by atoms with E-state index in [1.54, 1.807) is 17.1 Å². The van der Waals surface area contributed by atoms with E-state index < -0.39 is 0 Å². The molecule has 0 spiro atoms. The van der Waals surface area contributed by atoms with Crippen LogP contribution < -0.4 is 10.2 Å². The number of hydrogen-bond acceptors (Lipinski definition) is 3. The lowest BCUT2D eigenvalue weighted by Crippen LogP contribution is -2.12. The van der Waals surface area contributed by atoms with Crippen molar-refractivity contribution in [1.29, 1.82) is 0 Å². The molecule has 0 aliphatic rings. The van der Waals surface area contributed by atoms with Gasteiger partial charge in [0.1, 0.15) is 0 Å². The van der Waals surface area contributed by atoms with Crippen LogP contribution in [-0.2, 0) is 18.3 Å². The predicted molar refractivity (Wildman–Crippen MR) is 80.9 cm³/mol. The number of aryl methyl sites for hydroxylation is 2. The Hall–Kier alpha value is -2.30. The molecule has 0 aliphatic heterocycles.